The number of amides is 1. The van der Waals surface area contributed by atoms with Gasteiger partial charge in [0.05, 0.1) is 19.3 Å². The number of hydrogen-bond donors (Lipinski definition) is 2. The quantitative estimate of drug-likeness (QED) is 0.772. The molecule has 1 amide bonds. The number of nitrogens with one attached hydrogen (secondary N) is 1. The number of carbonyl (C=O) groups excluding carboxylic acids is 1. The summed E-state index contributed by atoms with van der Waals surface area (Å²) < 4.78 is 5.21. The summed E-state index contributed by atoms with van der Waals surface area (Å²) in [6.07, 6.45) is 0.679. The number of aromatic amines is 1. The average Bonchev–Trinajstić information content (AvgIpc) is 2.94. The first-order valence-electron chi connectivity index (χ1n) is 6.71. The molecule has 1 aromatic rings. The van der Waals surface area contributed by atoms with Crippen LogP contribution < -0.4 is 5.56 Å². The highest BCUT2D eigenvalue weighted by atomic mass is 16.5. The lowest BCUT2D eigenvalue weighted by atomic mass is 10.0. The van der Waals surface area contributed by atoms with Crippen LogP contribution in [0.4, 0.5) is 0 Å². The number of aliphatic carboxylic acids is 1. The summed E-state index contributed by atoms with van der Waals surface area (Å²) in [5.74, 6) is -2.14. The molecule has 2 heterocycles. The summed E-state index contributed by atoms with van der Waals surface area (Å²) in [6.45, 7) is 2.57. The third-order valence-electron chi connectivity index (χ3n) is 3.39. The number of H-pyrrole nitrogens is 1. The Kier molecular flexibility index (Phi) is 4.69. The minimum absolute atomic E-state index is 0.0825. The maximum atomic E-state index is 12.5. The molecule has 8 nitrogen and oxygen atoms in total. The van der Waals surface area contributed by atoms with Crippen molar-refractivity contribution in [3.8, 4) is 0 Å². The minimum atomic E-state index is -0.985. The van der Waals surface area contributed by atoms with E-state index >= 15 is 0 Å². The molecule has 1 aromatic heterocycles. The van der Waals surface area contributed by atoms with Gasteiger partial charge in [0, 0.05) is 12.6 Å². The van der Waals surface area contributed by atoms with Crippen molar-refractivity contribution in [2.45, 2.75) is 19.4 Å². The summed E-state index contributed by atoms with van der Waals surface area (Å²) in [7, 11) is 0. The second kappa shape index (κ2) is 6.49. The van der Waals surface area contributed by atoms with Gasteiger partial charge in [0.25, 0.3) is 11.5 Å². The van der Waals surface area contributed by atoms with Crippen molar-refractivity contribution in [1.82, 2.24) is 15.1 Å². The van der Waals surface area contributed by atoms with Crippen LogP contribution in [-0.4, -0.2) is 57.9 Å². The third kappa shape index (κ3) is 3.27. The summed E-state index contributed by atoms with van der Waals surface area (Å²) in [5.41, 5.74) is -0.319. The number of aromatic nitrogens is 2. The highest BCUT2D eigenvalue weighted by Crippen LogP contribution is 2.21. The first kappa shape index (κ1) is 15.2. The number of ether oxygens (including phenoxy) is 1. The molecule has 21 heavy (non-hydrogen) atoms. The van der Waals surface area contributed by atoms with E-state index < -0.39 is 29.4 Å². The number of hydrogen-bond acceptors (Lipinski definition) is 5. The highest BCUT2D eigenvalue weighted by molar-refractivity contribution is 5.92. The van der Waals surface area contributed by atoms with Crippen molar-refractivity contribution in [3.05, 3.63) is 28.2 Å². The van der Waals surface area contributed by atoms with Crippen LogP contribution in [0.1, 0.15) is 23.8 Å². The van der Waals surface area contributed by atoms with Crippen molar-refractivity contribution in [2.24, 2.45) is 5.92 Å². The van der Waals surface area contributed by atoms with Gasteiger partial charge in [-0.15, -0.1) is 0 Å². The number of carboxylic acids is 1. The molecule has 114 valence electrons. The van der Waals surface area contributed by atoms with Gasteiger partial charge >= 0.3 is 5.97 Å². The molecule has 2 unspecified atom stereocenters. The van der Waals surface area contributed by atoms with Crippen LogP contribution in [0.5, 0.6) is 0 Å². The predicted molar refractivity (Wildman–Crippen MR) is 71.9 cm³/mol. The molecule has 2 atom stereocenters. The number of nitrogens with zero attached hydrogens (tertiary/aromatic N) is 2. The molecule has 1 aliphatic rings. The SMILES string of the molecule is CCCN(C(=O)c1ccc(=O)[nH]n1)C1COCC1C(=O)O. The van der Waals surface area contributed by atoms with Crippen LogP contribution >= 0.6 is 0 Å². The number of carbonyl (C=O) groups is 2. The largest absolute Gasteiger partial charge is 0.481 e. The van der Waals surface area contributed by atoms with E-state index in [1.165, 1.54) is 17.0 Å². The van der Waals surface area contributed by atoms with E-state index in [4.69, 9.17) is 4.74 Å². The maximum Gasteiger partial charge on any atom is 0.311 e. The molecule has 2 rings (SSSR count). The molecule has 0 spiro atoms. The zero-order valence-corrected chi connectivity index (χ0v) is 11.6. The average molecular weight is 295 g/mol. The Morgan fingerprint density at radius 3 is 2.81 bits per heavy atom. The molecule has 1 aliphatic heterocycles. The predicted octanol–water partition coefficient (Wildman–Crippen LogP) is -0.278. The van der Waals surface area contributed by atoms with E-state index in [1.54, 1.807) is 0 Å². The van der Waals surface area contributed by atoms with Crippen LogP contribution in [0.3, 0.4) is 0 Å². The maximum absolute atomic E-state index is 12.5. The molecule has 1 fully saturated rings. The van der Waals surface area contributed by atoms with E-state index in [1.807, 2.05) is 6.92 Å². The summed E-state index contributed by atoms with van der Waals surface area (Å²) >= 11 is 0. The fraction of sp³-hybridized carbons (Fsp3) is 0.538. The van der Waals surface area contributed by atoms with Crippen molar-refractivity contribution in [1.29, 1.82) is 0 Å². The van der Waals surface area contributed by atoms with E-state index in [2.05, 4.69) is 10.2 Å². The normalized spacial score (nSPS) is 21.2. The summed E-state index contributed by atoms with van der Waals surface area (Å²) in [6, 6.07) is 2.02. The second-order valence-corrected chi connectivity index (χ2v) is 4.85. The van der Waals surface area contributed by atoms with Crippen molar-refractivity contribution in [3.63, 3.8) is 0 Å². The Bertz CT molecular complexity index is 565. The van der Waals surface area contributed by atoms with Crippen LogP contribution in [-0.2, 0) is 9.53 Å². The molecule has 0 radical (unpaired) electrons. The lowest BCUT2D eigenvalue weighted by molar-refractivity contribution is -0.142. The van der Waals surface area contributed by atoms with E-state index in [-0.39, 0.29) is 18.9 Å². The van der Waals surface area contributed by atoms with Crippen LogP contribution in [0.15, 0.2) is 16.9 Å². The monoisotopic (exact) mass is 295 g/mol. The van der Waals surface area contributed by atoms with Gasteiger partial charge in [-0.3, -0.25) is 14.4 Å². The smallest absolute Gasteiger partial charge is 0.311 e. The number of carboxylic acid groups (broad SMARTS) is 1. The van der Waals surface area contributed by atoms with Gasteiger partial charge in [-0.25, -0.2) is 5.10 Å². The van der Waals surface area contributed by atoms with Crippen LogP contribution in [0, 0.1) is 5.92 Å². The van der Waals surface area contributed by atoms with Gasteiger partial charge in [0.15, 0.2) is 0 Å². The Balaban J connectivity index is 2.25. The Hall–Kier alpha value is -2.22. The standard InChI is InChI=1S/C13H17N3O5/c1-2-5-16(10-7-21-6-8(10)13(19)20)12(18)9-3-4-11(17)15-14-9/h3-4,8,10H,2,5-7H2,1H3,(H,15,17)(H,19,20). The van der Waals surface area contributed by atoms with Gasteiger partial charge in [-0.1, -0.05) is 6.92 Å². The third-order valence-corrected chi connectivity index (χ3v) is 3.39. The first-order chi connectivity index (χ1) is 10.0. The van der Waals surface area contributed by atoms with Gasteiger partial charge in [0.2, 0.25) is 0 Å². The molecule has 0 saturated carbocycles. The van der Waals surface area contributed by atoms with Crippen LogP contribution in [0.2, 0.25) is 0 Å². The summed E-state index contributed by atoms with van der Waals surface area (Å²) in [4.78, 5) is 36.2. The molecule has 1 saturated heterocycles. The zero-order chi connectivity index (χ0) is 15.4. The fourth-order valence-corrected chi connectivity index (χ4v) is 2.36. The topological polar surface area (TPSA) is 113 Å². The van der Waals surface area contributed by atoms with Crippen molar-refractivity contribution >= 4 is 11.9 Å². The van der Waals surface area contributed by atoms with E-state index in [0.717, 1.165) is 0 Å². The van der Waals surface area contributed by atoms with Gasteiger partial charge < -0.3 is 14.7 Å². The zero-order valence-electron chi connectivity index (χ0n) is 11.6. The summed E-state index contributed by atoms with van der Waals surface area (Å²) in [5, 5.41) is 15.1. The molecular formula is C13H17N3O5. The lowest BCUT2D eigenvalue weighted by Gasteiger charge is -2.29. The Morgan fingerprint density at radius 1 is 1.48 bits per heavy atom. The molecule has 8 heteroatoms. The first-order valence-corrected chi connectivity index (χ1v) is 6.71. The van der Waals surface area contributed by atoms with Gasteiger partial charge in [0.1, 0.15) is 11.6 Å². The Labute approximate surface area is 120 Å². The van der Waals surface area contributed by atoms with E-state index in [9.17, 15) is 19.5 Å². The van der Waals surface area contributed by atoms with Crippen molar-refractivity contribution in [2.75, 3.05) is 19.8 Å². The Morgan fingerprint density at radius 2 is 2.24 bits per heavy atom. The molecule has 2 N–H and O–H groups in total. The van der Waals surface area contributed by atoms with Gasteiger partial charge in [-0.05, 0) is 12.5 Å². The van der Waals surface area contributed by atoms with Crippen molar-refractivity contribution < 1.29 is 19.4 Å². The minimum Gasteiger partial charge on any atom is -0.481 e. The molecule has 0 aliphatic carbocycles. The number of rotatable bonds is 5. The molecule has 0 bridgehead atoms. The molecule has 0 aromatic carbocycles. The molecular weight excluding hydrogens is 278 g/mol. The highest BCUT2D eigenvalue weighted by Gasteiger charge is 2.40. The van der Waals surface area contributed by atoms with Crippen LogP contribution in [0.25, 0.3) is 0 Å². The van der Waals surface area contributed by atoms with Gasteiger partial charge in [-0.2, -0.15) is 5.10 Å². The lowest BCUT2D eigenvalue weighted by Crippen LogP contribution is -2.47. The van der Waals surface area contributed by atoms with E-state index in [0.29, 0.717) is 13.0 Å². The fourth-order valence-electron chi connectivity index (χ4n) is 2.36. The second-order valence-electron chi connectivity index (χ2n) is 4.85.